The van der Waals surface area contributed by atoms with Crippen LogP contribution >= 0.6 is 0 Å². The topological polar surface area (TPSA) is 126 Å². The van der Waals surface area contributed by atoms with Crippen molar-refractivity contribution in [2.75, 3.05) is 30.4 Å². The first-order valence-electron chi connectivity index (χ1n) is 11.9. The molecule has 0 aliphatic carbocycles. The van der Waals surface area contributed by atoms with E-state index < -0.39 is 12.0 Å². The first-order chi connectivity index (χ1) is 17.9. The summed E-state index contributed by atoms with van der Waals surface area (Å²) in [6, 6.07) is 13.3. The standard InChI is InChI=1S/C26H27N7O4/c1-31-14-18-10-21(23(11-20(18)30-31)37-16-17-6-4-3-5-7-17)29-25(34)22-12-28-24(13-27-22)33-9-8-19(15-33)32(2)26(35)36/h3-7,10-14,19H,8-9,15-16H2,1-2H3,(H,29,34)(H,35,36)/t19-/m1/s1. The highest BCUT2D eigenvalue weighted by atomic mass is 16.5. The van der Waals surface area contributed by atoms with Crippen molar-refractivity contribution in [3.8, 4) is 5.75 Å². The fourth-order valence-corrected chi connectivity index (χ4v) is 4.34. The average molecular weight is 502 g/mol. The van der Waals surface area contributed by atoms with Crippen LogP contribution in [-0.2, 0) is 13.7 Å². The van der Waals surface area contributed by atoms with Crippen molar-refractivity contribution in [1.82, 2.24) is 24.6 Å². The van der Waals surface area contributed by atoms with Gasteiger partial charge in [0.25, 0.3) is 5.91 Å². The minimum absolute atomic E-state index is 0.112. The lowest BCUT2D eigenvalue weighted by molar-refractivity contribution is 0.102. The predicted molar refractivity (Wildman–Crippen MR) is 138 cm³/mol. The van der Waals surface area contributed by atoms with Gasteiger partial charge in [0.05, 0.1) is 29.6 Å². The van der Waals surface area contributed by atoms with E-state index in [-0.39, 0.29) is 11.7 Å². The maximum Gasteiger partial charge on any atom is 0.407 e. The number of anilines is 2. The van der Waals surface area contributed by atoms with Gasteiger partial charge in [-0.2, -0.15) is 5.10 Å². The molecule has 0 saturated carbocycles. The first kappa shape index (κ1) is 24.0. The summed E-state index contributed by atoms with van der Waals surface area (Å²) in [5.74, 6) is 0.678. The van der Waals surface area contributed by atoms with Crippen molar-refractivity contribution in [3.05, 3.63) is 72.3 Å². The molecule has 0 spiro atoms. The number of rotatable bonds is 7. The highest BCUT2D eigenvalue weighted by Crippen LogP contribution is 2.31. The van der Waals surface area contributed by atoms with E-state index in [1.165, 1.54) is 17.3 Å². The second-order valence-corrected chi connectivity index (χ2v) is 8.98. The molecule has 0 bridgehead atoms. The minimum Gasteiger partial charge on any atom is -0.487 e. The number of aryl methyl sites for hydroxylation is 1. The smallest absolute Gasteiger partial charge is 0.407 e. The zero-order valence-electron chi connectivity index (χ0n) is 20.5. The molecule has 11 heteroatoms. The lowest BCUT2D eigenvalue weighted by Gasteiger charge is -2.22. The fourth-order valence-electron chi connectivity index (χ4n) is 4.34. The van der Waals surface area contributed by atoms with E-state index in [0.717, 1.165) is 16.5 Å². The Morgan fingerprint density at radius 1 is 1.19 bits per heavy atom. The summed E-state index contributed by atoms with van der Waals surface area (Å²) in [5.41, 5.74) is 2.42. The van der Waals surface area contributed by atoms with Gasteiger partial charge in [0, 0.05) is 44.8 Å². The van der Waals surface area contributed by atoms with Crippen molar-refractivity contribution in [2.24, 2.45) is 7.05 Å². The van der Waals surface area contributed by atoms with Crippen molar-refractivity contribution in [2.45, 2.75) is 19.1 Å². The Labute approximate surface area is 213 Å². The summed E-state index contributed by atoms with van der Waals surface area (Å²) < 4.78 is 7.76. The maximum absolute atomic E-state index is 13.1. The molecule has 2 N–H and O–H groups in total. The van der Waals surface area contributed by atoms with E-state index in [1.54, 1.807) is 17.8 Å². The van der Waals surface area contributed by atoms with Crippen LogP contribution in [-0.4, -0.2) is 67.9 Å². The van der Waals surface area contributed by atoms with E-state index in [4.69, 9.17) is 4.74 Å². The van der Waals surface area contributed by atoms with E-state index in [2.05, 4.69) is 20.4 Å². The quantitative estimate of drug-likeness (QED) is 0.395. The summed E-state index contributed by atoms with van der Waals surface area (Å²) in [6.07, 6.45) is 4.57. The number of benzene rings is 2. The van der Waals surface area contributed by atoms with Gasteiger partial charge in [-0.1, -0.05) is 30.3 Å². The third-order valence-corrected chi connectivity index (χ3v) is 6.41. The van der Waals surface area contributed by atoms with Gasteiger partial charge in [-0.3, -0.25) is 9.48 Å². The molecule has 1 fully saturated rings. The number of hydrogen-bond donors (Lipinski definition) is 2. The minimum atomic E-state index is -0.957. The number of carbonyl (C=O) groups is 2. The second kappa shape index (κ2) is 10.1. The first-order valence-corrected chi connectivity index (χ1v) is 11.9. The number of amides is 2. The van der Waals surface area contributed by atoms with Gasteiger partial charge in [-0.05, 0) is 18.1 Å². The third-order valence-electron chi connectivity index (χ3n) is 6.41. The number of fused-ring (bicyclic) bond motifs is 1. The number of carbonyl (C=O) groups excluding carboxylic acids is 1. The van der Waals surface area contributed by atoms with Crippen molar-refractivity contribution in [3.63, 3.8) is 0 Å². The molecule has 1 aliphatic rings. The Bertz CT molecular complexity index is 1420. The summed E-state index contributed by atoms with van der Waals surface area (Å²) in [4.78, 5) is 36.3. The number of aromatic nitrogens is 4. The molecule has 3 heterocycles. The number of likely N-dealkylation sites (N-methyl/N-ethyl adjacent to an activating group) is 1. The molecule has 2 amide bonds. The Kier molecular flexibility index (Phi) is 6.59. The molecule has 1 saturated heterocycles. The largest absolute Gasteiger partial charge is 0.487 e. The van der Waals surface area contributed by atoms with Gasteiger partial charge in [0.15, 0.2) is 0 Å². The molecular weight excluding hydrogens is 474 g/mol. The third kappa shape index (κ3) is 5.30. The monoisotopic (exact) mass is 501 g/mol. The molecule has 1 aliphatic heterocycles. The molecule has 1 atom stereocenters. The SMILES string of the molecule is CN(C(=O)O)[C@@H]1CCN(c2cnc(C(=O)Nc3cc4cn(C)nc4cc3OCc3ccccc3)cn2)C1. The van der Waals surface area contributed by atoms with Crippen LogP contribution in [0.2, 0.25) is 0 Å². The number of hydrogen-bond acceptors (Lipinski definition) is 7. The van der Waals surface area contributed by atoms with Gasteiger partial charge in [0.2, 0.25) is 0 Å². The van der Waals surface area contributed by atoms with Crippen LogP contribution in [0.25, 0.3) is 10.9 Å². The summed E-state index contributed by atoms with van der Waals surface area (Å²) in [7, 11) is 3.40. The van der Waals surface area contributed by atoms with Crippen LogP contribution in [0.3, 0.4) is 0 Å². The normalized spacial score (nSPS) is 15.1. The van der Waals surface area contributed by atoms with Gasteiger partial charge in [0.1, 0.15) is 23.9 Å². The van der Waals surface area contributed by atoms with Crippen LogP contribution in [0, 0.1) is 0 Å². The van der Waals surface area contributed by atoms with Gasteiger partial charge < -0.3 is 25.0 Å². The zero-order valence-corrected chi connectivity index (χ0v) is 20.5. The van der Waals surface area contributed by atoms with Crippen LogP contribution in [0.5, 0.6) is 5.75 Å². The van der Waals surface area contributed by atoms with Crippen molar-refractivity contribution in [1.29, 1.82) is 0 Å². The molecule has 11 nitrogen and oxygen atoms in total. The summed E-state index contributed by atoms with van der Waals surface area (Å²) in [6.45, 7) is 1.52. The van der Waals surface area contributed by atoms with E-state index in [0.29, 0.717) is 43.4 Å². The van der Waals surface area contributed by atoms with Crippen molar-refractivity contribution < 1.29 is 19.4 Å². The fraction of sp³-hybridized carbons (Fsp3) is 0.269. The van der Waals surface area contributed by atoms with Crippen LogP contribution < -0.4 is 15.0 Å². The molecule has 37 heavy (non-hydrogen) atoms. The second-order valence-electron chi connectivity index (χ2n) is 8.98. The van der Waals surface area contributed by atoms with Crippen molar-refractivity contribution >= 4 is 34.4 Å². The molecule has 2 aromatic carbocycles. The predicted octanol–water partition coefficient (Wildman–Crippen LogP) is 3.38. The Morgan fingerprint density at radius 3 is 2.73 bits per heavy atom. The van der Waals surface area contributed by atoms with Crippen LogP contribution in [0.4, 0.5) is 16.3 Å². The number of nitrogens with one attached hydrogen (secondary N) is 1. The lowest BCUT2D eigenvalue weighted by Crippen LogP contribution is -2.38. The van der Waals surface area contributed by atoms with E-state index in [1.807, 2.05) is 54.5 Å². The molecule has 0 unspecified atom stereocenters. The molecule has 5 rings (SSSR count). The molecular formula is C26H27N7O4. The molecule has 190 valence electrons. The molecule has 2 aromatic heterocycles. The highest BCUT2D eigenvalue weighted by Gasteiger charge is 2.29. The van der Waals surface area contributed by atoms with E-state index >= 15 is 0 Å². The Morgan fingerprint density at radius 2 is 2.00 bits per heavy atom. The number of ether oxygens (including phenoxy) is 1. The number of carboxylic acid groups (broad SMARTS) is 1. The van der Waals surface area contributed by atoms with Gasteiger partial charge in [-0.25, -0.2) is 14.8 Å². The summed E-state index contributed by atoms with van der Waals surface area (Å²) >= 11 is 0. The number of nitrogens with zero attached hydrogens (tertiary/aromatic N) is 6. The van der Waals surface area contributed by atoms with Crippen LogP contribution in [0.1, 0.15) is 22.5 Å². The Balaban J connectivity index is 1.31. The van der Waals surface area contributed by atoms with Crippen LogP contribution in [0.15, 0.2) is 61.1 Å². The van der Waals surface area contributed by atoms with Gasteiger partial charge in [-0.15, -0.1) is 0 Å². The highest BCUT2D eigenvalue weighted by molar-refractivity contribution is 6.04. The Hall–Kier alpha value is -4.67. The van der Waals surface area contributed by atoms with Gasteiger partial charge >= 0.3 is 6.09 Å². The maximum atomic E-state index is 13.1. The average Bonchev–Trinajstić information content (AvgIpc) is 3.53. The summed E-state index contributed by atoms with van der Waals surface area (Å²) in [5, 5.41) is 17.4. The van der Waals surface area contributed by atoms with E-state index in [9.17, 15) is 14.7 Å². The lowest BCUT2D eigenvalue weighted by atomic mass is 10.2. The zero-order chi connectivity index (χ0) is 25.9. The molecule has 4 aromatic rings. The molecule has 0 radical (unpaired) electrons.